The fourth-order valence-corrected chi connectivity index (χ4v) is 2.91. The molecule has 0 radical (unpaired) electrons. The molecule has 1 saturated heterocycles. The molecule has 1 heterocycles. The van der Waals surface area contributed by atoms with Crippen LogP contribution in [0.25, 0.3) is 0 Å². The van der Waals surface area contributed by atoms with Gasteiger partial charge in [0.1, 0.15) is 11.5 Å². The average Bonchev–Trinajstić information content (AvgIpc) is 2.51. The summed E-state index contributed by atoms with van der Waals surface area (Å²) in [5.74, 6) is 1.21. The summed E-state index contributed by atoms with van der Waals surface area (Å²) in [6, 6.07) is 5.51. The third-order valence-corrected chi connectivity index (χ3v) is 4.44. The fourth-order valence-electron chi connectivity index (χ4n) is 2.91. The predicted molar refractivity (Wildman–Crippen MR) is 98.2 cm³/mol. The van der Waals surface area contributed by atoms with Gasteiger partial charge in [-0.1, -0.05) is 13.8 Å². The maximum atomic E-state index is 12.3. The molecule has 1 aliphatic rings. The minimum absolute atomic E-state index is 0. The molecular weight excluding hydrogens is 330 g/mol. The monoisotopic (exact) mass is 357 g/mol. The lowest BCUT2D eigenvalue weighted by atomic mass is 9.80. The molecule has 6 nitrogen and oxygen atoms in total. The molecule has 0 bridgehead atoms. The van der Waals surface area contributed by atoms with Crippen LogP contribution in [0.4, 0.5) is 5.69 Å². The van der Waals surface area contributed by atoms with E-state index in [0.29, 0.717) is 23.7 Å². The van der Waals surface area contributed by atoms with Crippen molar-refractivity contribution in [3.8, 4) is 11.5 Å². The molecular formula is C17H28ClN3O3. The number of nitrogens with one attached hydrogen (secondary N) is 1. The molecule has 24 heavy (non-hydrogen) atoms. The Morgan fingerprint density at radius 3 is 2.67 bits per heavy atom. The molecule has 0 saturated carbocycles. The molecule has 0 aromatic heterocycles. The Morgan fingerprint density at radius 2 is 2.08 bits per heavy atom. The molecule has 1 unspecified atom stereocenters. The molecule has 2 rings (SSSR count). The lowest BCUT2D eigenvalue weighted by Crippen LogP contribution is -2.53. The summed E-state index contributed by atoms with van der Waals surface area (Å²) in [4.78, 5) is 14.5. The van der Waals surface area contributed by atoms with E-state index in [-0.39, 0.29) is 29.8 Å². The van der Waals surface area contributed by atoms with E-state index in [2.05, 4.69) is 24.1 Å². The van der Waals surface area contributed by atoms with E-state index in [1.165, 1.54) is 0 Å². The number of benzene rings is 1. The first-order valence-corrected chi connectivity index (χ1v) is 7.85. The number of methoxy groups -OCH3 is 2. The van der Waals surface area contributed by atoms with Gasteiger partial charge in [-0.3, -0.25) is 9.69 Å². The van der Waals surface area contributed by atoms with E-state index in [1.54, 1.807) is 32.4 Å². The number of rotatable bonds is 5. The van der Waals surface area contributed by atoms with E-state index in [1.807, 2.05) is 0 Å². The number of likely N-dealkylation sites (tertiary alicyclic amines) is 1. The SMILES string of the molecule is COc1ccc(NC(=O)CN2CCC(N)C(C)(C)C2)c(OC)c1.Cl. The van der Waals surface area contributed by atoms with Crippen LogP contribution in [0.5, 0.6) is 11.5 Å². The average molecular weight is 358 g/mol. The number of ether oxygens (including phenoxy) is 2. The first-order valence-electron chi connectivity index (χ1n) is 7.85. The molecule has 1 aliphatic heterocycles. The zero-order valence-electron chi connectivity index (χ0n) is 14.8. The highest BCUT2D eigenvalue weighted by Gasteiger charge is 2.33. The van der Waals surface area contributed by atoms with E-state index in [9.17, 15) is 4.79 Å². The summed E-state index contributed by atoms with van der Waals surface area (Å²) >= 11 is 0. The molecule has 0 spiro atoms. The molecule has 1 amide bonds. The summed E-state index contributed by atoms with van der Waals surface area (Å²) in [7, 11) is 3.16. The number of nitrogens with two attached hydrogens (primary N) is 1. The number of anilines is 1. The van der Waals surface area contributed by atoms with Crippen LogP contribution in [0, 0.1) is 5.41 Å². The van der Waals surface area contributed by atoms with Crippen LogP contribution in [0.1, 0.15) is 20.3 Å². The summed E-state index contributed by atoms with van der Waals surface area (Å²) in [5, 5.41) is 2.91. The second kappa shape index (κ2) is 8.55. The Bertz CT molecular complexity index is 566. The second-order valence-corrected chi connectivity index (χ2v) is 6.71. The number of carbonyl (C=O) groups is 1. The van der Waals surface area contributed by atoms with Gasteiger partial charge in [0.2, 0.25) is 5.91 Å². The highest BCUT2D eigenvalue weighted by atomic mass is 35.5. The Kier molecular flexibility index (Phi) is 7.32. The zero-order chi connectivity index (χ0) is 17.0. The van der Waals surface area contributed by atoms with Crippen molar-refractivity contribution >= 4 is 24.0 Å². The van der Waals surface area contributed by atoms with E-state index in [0.717, 1.165) is 19.5 Å². The number of piperidine rings is 1. The number of amides is 1. The van der Waals surface area contributed by atoms with Gasteiger partial charge in [0.15, 0.2) is 0 Å². The van der Waals surface area contributed by atoms with Gasteiger partial charge in [-0.15, -0.1) is 12.4 Å². The summed E-state index contributed by atoms with van der Waals surface area (Å²) in [6.45, 7) is 6.31. The number of halogens is 1. The van der Waals surface area contributed by atoms with Gasteiger partial charge in [-0.2, -0.15) is 0 Å². The summed E-state index contributed by atoms with van der Waals surface area (Å²) in [5.41, 5.74) is 6.81. The highest BCUT2D eigenvalue weighted by Crippen LogP contribution is 2.30. The molecule has 1 aromatic carbocycles. The van der Waals surface area contributed by atoms with Crippen molar-refractivity contribution in [2.75, 3.05) is 39.2 Å². The van der Waals surface area contributed by atoms with E-state index < -0.39 is 0 Å². The lowest BCUT2D eigenvalue weighted by Gasteiger charge is -2.42. The van der Waals surface area contributed by atoms with Crippen molar-refractivity contribution in [3.63, 3.8) is 0 Å². The fraction of sp³-hybridized carbons (Fsp3) is 0.588. The van der Waals surface area contributed by atoms with Crippen molar-refractivity contribution in [1.82, 2.24) is 4.90 Å². The van der Waals surface area contributed by atoms with Gasteiger partial charge < -0.3 is 20.5 Å². The van der Waals surface area contributed by atoms with Crippen LogP contribution >= 0.6 is 12.4 Å². The third kappa shape index (κ3) is 5.00. The summed E-state index contributed by atoms with van der Waals surface area (Å²) < 4.78 is 10.5. The molecule has 1 aromatic rings. The maximum absolute atomic E-state index is 12.3. The first kappa shape index (κ1) is 20.5. The molecule has 7 heteroatoms. The Morgan fingerprint density at radius 1 is 1.38 bits per heavy atom. The van der Waals surface area contributed by atoms with Crippen molar-refractivity contribution in [2.45, 2.75) is 26.3 Å². The van der Waals surface area contributed by atoms with Crippen molar-refractivity contribution in [3.05, 3.63) is 18.2 Å². The standard InChI is InChI=1S/C17H27N3O3.ClH/c1-17(2)11-20(8-7-15(17)18)10-16(21)19-13-6-5-12(22-3)9-14(13)23-4;/h5-6,9,15H,7-8,10-11,18H2,1-4H3,(H,19,21);1H. The zero-order valence-corrected chi connectivity index (χ0v) is 15.6. The topological polar surface area (TPSA) is 76.8 Å². The maximum Gasteiger partial charge on any atom is 0.238 e. The van der Waals surface area contributed by atoms with Crippen LogP contribution < -0.4 is 20.5 Å². The van der Waals surface area contributed by atoms with Gasteiger partial charge in [0.25, 0.3) is 0 Å². The molecule has 1 atom stereocenters. The number of nitrogens with zero attached hydrogens (tertiary/aromatic N) is 1. The van der Waals surface area contributed by atoms with Crippen LogP contribution in [0.15, 0.2) is 18.2 Å². The summed E-state index contributed by atoms with van der Waals surface area (Å²) in [6.07, 6.45) is 0.909. The minimum Gasteiger partial charge on any atom is -0.497 e. The quantitative estimate of drug-likeness (QED) is 0.844. The first-order chi connectivity index (χ1) is 10.9. The van der Waals surface area contributed by atoms with Gasteiger partial charge in [0, 0.05) is 25.2 Å². The molecule has 0 aliphatic carbocycles. The minimum atomic E-state index is -0.0558. The van der Waals surface area contributed by atoms with Crippen molar-refractivity contribution in [1.29, 1.82) is 0 Å². The number of carbonyl (C=O) groups excluding carboxylic acids is 1. The van der Waals surface area contributed by atoms with Gasteiger partial charge in [0.05, 0.1) is 26.5 Å². The molecule has 1 fully saturated rings. The Labute approximate surface area is 150 Å². The Hall–Kier alpha value is -1.50. The lowest BCUT2D eigenvalue weighted by molar-refractivity contribution is -0.118. The predicted octanol–water partition coefficient (Wildman–Crippen LogP) is 2.12. The molecule has 3 N–H and O–H groups in total. The highest BCUT2D eigenvalue weighted by molar-refractivity contribution is 5.93. The van der Waals surface area contributed by atoms with Crippen LogP contribution in [0.2, 0.25) is 0 Å². The third-order valence-electron chi connectivity index (χ3n) is 4.44. The van der Waals surface area contributed by atoms with Crippen molar-refractivity contribution < 1.29 is 14.3 Å². The largest absolute Gasteiger partial charge is 0.497 e. The number of hydrogen-bond donors (Lipinski definition) is 2. The van der Waals surface area contributed by atoms with E-state index in [4.69, 9.17) is 15.2 Å². The van der Waals surface area contributed by atoms with Crippen LogP contribution in [0.3, 0.4) is 0 Å². The van der Waals surface area contributed by atoms with Crippen molar-refractivity contribution in [2.24, 2.45) is 11.1 Å². The van der Waals surface area contributed by atoms with E-state index >= 15 is 0 Å². The Balaban J connectivity index is 0.00000288. The van der Waals surface area contributed by atoms with Gasteiger partial charge in [-0.05, 0) is 24.0 Å². The van der Waals surface area contributed by atoms with Gasteiger partial charge >= 0.3 is 0 Å². The number of hydrogen-bond acceptors (Lipinski definition) is 5. The normalized spacial score (nSPS) is 20.0. The van der Waals surface area contributed by atoms with Gasteiger partial charge in [-0.25, -0.2) is 0 Å². The smallest absolute Gasteiger partial charge is 0.238 e. The molecule has 136 valence electrons. The van der Waals surface area contributed by atoms with Crippen LogP contribution in [-0.4, -0.2) is 50.7 Å². The second-order valence-electron chi connectivity index (χ2n) is 6.71. The van der Waals surface area contributed by atoms with Crippen LogP contribution in [-0.2, 0) is 4.79 Å².